The van der Waals surface area contributed by atoms with E-state index >= 15 is 0 Å². The minimum absolute atomic E-state index is 0.700. The number of aromatic nitrogens is 1. The smallest absolute Gasteiger partial charge is 0.0543 e. The Bertz CT molecular complexity index is 379. The Kier molecular flexibility index (Phi) is 3.62. The minimum Gasteiger partial charge on any atom is -0.312 e. The van der Waals surface area contributed by atoms with Gasteiger partial charge in [-0.1, -0.05) is 12.5 Å². The molecule has 1 aromatic rings. The van der Waals surface area contributed by atoms with E-state index in [1.807, 2.05) is 12.3 Å². The molecule has 2 fully saturated rings. The van der Waals surface area contributed by atoms with Crippen LogP contribution in [-0.2, 0) is 6.54 Å². The molecular formula is C15H23N3. The minimum atomic E-state index is 0.700. The van der Waals surface area contributed by atoms with E-state index in [0.717, 1.165) is 24.9 Å². The molecule has 0 aromatic carbocycles. The van der Waals surface area contributed by atoms with Crippen molar-refractivity contribution >= 4 is 0 Å². The molecule has 1 aliphatic heterocycles. The van der Waals surface area contributed by atoms with E-state index < -0.39 is 0 Å². The number of fused-ring (bicyclic) bond motifs is 1. The van der Waals surface area contributed by atoms with E-state index in [4.69, 9.17) is 0 Å². The van der Waals surface area contributed by atoms with Gasteiger partial charge in [0, 0.05) is 25.3 Å². The molecule has 1 N–H and O–H groups in total. The maximum atomic E-state index is 4.40. The molecule has 1 saturated heterocycles. The second-order valence-corrected chi connectivity index (χ2v) is 5.89. The predicted molar refractivity (Wildman–Crippen MR) is 73.2 cm³/mol. The van der Waals surface area contributed by atoms with Gasteiger partial charge in [-0.2, -0.15) is 0 Å². The van der Waals surface area contributed by atoms with Crippen molar-refractivity contribution < 1.29 is 0 Å². The first-order valence-electron chi connectivity index (χ1n) is 7.15. The van der Waals surface area contributed by atoms with E-state index in [9.17, 15) is 0 Å². The fourth-order valence-corrected chi connectivity index (χ4v) is 3.67. The summed E-state index contributed by atoms with van der Waals surface area (Å²) in [5.41, 5.74) is 1.17. The Balaban J connectivity index is 1.53. The van der Waals surface area contributed by atoms with Gasteiger partial charge in [0.05, 0.1) is 5.69 Å². The molecule has 2 heterocycles. The number of nitrogens with one attached hydrogen (secondary N) is 1. The van der Waals surface area contributed by atoms with Gasteiger partial charge in [0.1, 0.15) is 0 Å². The standard InChI is InChI=1S/C15H23N3/c1-18(10-13-6-2-3-8-16-13)11-15-14-7-4-5-12(14)9-17-15/h2-3,6,8,12,14-15,17H,4-5,7,9-11H2,1H3. The van der Waals surface area contributed by atoms with Crippen molar-refractivity contribution in [3.8, 4) is 0 Å². The Labute approximate surface area is 110 Å². The van der Waals surface area contributed by atoms with Crippen molar-refractivity contribution in [1.82, 2.24) is 15.2 Å². The zero-order valence-corrected chi connectivity index (χ0v) is 11.2. The molecule has 3 nitrogen and oxygen atoms in total. The van der Waals surface area contributed by atoms with Crippen molar-refractivity contribution in [2.24, 2.45) is 11.8 Å². The highest BCUT2D eigenvalue weighted by molar-refractivity contribution is 5.03. The molecule has 3 heteroatoms. The molecule has 0 radical (unpaired) electrons. The van der Waals surface area contributed by atoms with E-state index in [1.54, 1.807) is 0 Å². The summed E-state index contributed by atoms with van der Waals surface area (Å²) in [6.07, 6.45) is 6.19. The summed E-state index contributed by atoms with van der Waals surface area (Å²) >= 11 is 0. The first-order valence-corrected chi connectivity index (χ1v) is 7.15. The summed E-state index contributed by atoms with van der Waals surface area (Å²) in [6.45, 7) is 3.35. The Morgan fingerprint density at radius 3 is 3.17 bits per heavy atom. The molecule has 0 spiro atoms. The molecule has 3 unspecified atom stereocenters. The highest BCUT2D eigenvalue weighted by Gasteiger charge is 2.38. The summed E-state index contributed by atoms with van der Waals surface area (Å²) < 4.78 is 0. The van der Waals surface area contributed by atoms with Crippen molar-refractivity contribution in [3.05, 3.63) is 30.1 Å². The maximum absolute atomic E-state index is 4.40. The summed E-state index contributed by atoms with van der Waals surface area (Å²) in [4.78, 5) is 6.80. The third-order valence-corrected chi connectivity index (χ3v) is 4.54. The molecule has 18 heavy (non-hydrogen) atoms. The van der Waals surface area contributed by atoms with E-state index in [2.05, 4.69) is 34.4 Å². The van der Waals surface area contributed by atoms with Gasteiger partial charge in [-0.3, -0.25) is 9.88 Å². The Morgan fingerprint density at radius 2 is 2.33 bits per heavy atom. The van der Waals surface area contributed by atoms with Gasteiger partial charge in [-0.25, -0.2) is 0 Å². The zero-order chi connectivity index (χ0) is 12.4. The van der Waals surface area contributed by atoms with Crippen LogP contribution in [0, 0.1) is 11.8 Å². The van der Waals surface area contributed by atoms with Gasteiger partial charge >= 0.3 is 0 Å². The van der Waals surface area contributed by atoms with Crippen molar-refractivity contribution in [3.63, 3.8) is 0 Å². The lowest BCUT2D eigenvalue weighted by Crippen LogP contribution is -2.38. The van der Waals surface area contributed by atoms with Crippen LogP contribution in [0.4, 0.5) is 0 Å². The summed E-state index contributed by atoms with van der Waals surface area (Å²) in [5, 5.41) is 3.71. The fraction of sp³-hybridized carbons (Fsp3) is 0.667. The zero-order valence-electron chi connectivity index (χ0n) is 11.2. The van der Waals surface area contributed by atoms with Crippen LogP contribution in [0.25, 0.3) is 0 Å². The summed E-state index contributed by atoms with van der Waals surface area (Å²) in [7, 11) is 2.21. The molecule has 0 amide bonds. The quantitative estimate of drug-likeness (QED) is 0.878. The number of hydrogen-bond donors (Lipinski definition) is 1. The monoisotopic (exact) mass is 245 g/mol. The molecule has 1 saturated carbocycles. The highest BCUT2D eigenvalue weighted by Crippen LogP contribution is 2.37. The van der Waals surface area contributed by atoms with Crippen LogP contribution in [0.15, 0.2) is 24.4 Å². The van der Waals surface area contributed by atoms with Crippen LogP contribution in [0.5, 0.6) is 0 Å². The van der Waals surface area contributed by atoms with Gasteiger partial charge in [0.15, 0.2) is 0 Å². The molecule has 3 atom stereocenters. The topological polar surface area (TPSA) is 28.2 Å². The Morgan fingerprint density at radius 1 is 1.39 bits per heavy atom. The van der Waals surface area contributed by atoms with Gasteiger partial charge in [-0.15, -0.1) is 0 Å². The van der Waals surface area contributed by atoms with Crippen molar-refractivity contribution in [2.75, 3.05) is 20.1 Å². The summed E-state index contributed by atoms with van der Waals surface area (Å²) in [6, 6.07) is 6.85. The number of nitrogens with zero attached hydrogens (tertiary/aromatic N) is 2. The highest BCUT2D eigenvalue weighted by atomic mass is 15.1. The van der Waals surface area contributed by atoms with Crippen LogP contribution in [0.2, 0.25) is 0 Å². The average molecular weight is 245 g/mol. The maximum Gasteiger partial charge on any atom is 0.0543 e. The van der Waals surface area contributed by atoms with Gasteiger partial charge in [0.25, 0.3) is 0 Å². The fourth-order valence-electron chi connectivity index (χ4n) is 3.67. The van der Waals surface area contributed by atoms with Crippen LogP contribution in [-0.4, -0.2) is 36.1 Å². The Hall–Kier alpha value is -0.930. The normalized spacial score (nSPS) is 30.9. The number of rotatable bonds is 4. The lowest BCUT2D eigenvalue weighted by atomic mass is 9.94. The second kappa shape index (κ2) is 5.37. The molecule has 1 aliphatic carbocycles. The van der Waals surface area contributed by atoms with Crippen LogP contribution in [0.1, 0.15) is 25.0 Å². The number of hydrogen-bond acceptors (Lipinski definition) is 3. The van der Waals surface area contributed by atoms with Crippen LogP contribution in [0.3, 0.4) is 0 Å². The lowest BCUT2D eigenvalue weighted by Gasteiger charge is -2.24. The molecule has 3 rings (SSSR count). The van der Waals surface area contributed by atoms with Crippen molar-refractivity contribution in [1.29, 1.82) is 0 Å². The van der Waals surface area contributed by atoms with Crippen LogP contribution >= 0.6 is 0 Å². The van der Waals surface area contributed by atoms with E-state index in [0.29, 0.717) is 6.04 Å². The second-order valence-electron chi connectivity index (χ2n) is 5.89. The molecule has 0 bridgehead atoms. The third-order valence-electron chi connectivity index (χ3n) is 4.54. The number of likely N-dealkylation sites (N-methyl/N-ethyl adjacent to an activating group) is 1. The van der Waals surface area contributed by atoms with E-state index in [-0.39, 0.29) is 0 Å². The predicted octanol–water partition coefficient (Wildman–Crippen LogP) is 1.90. The molecule has 2 aliphatic rings. The van der Waals surface area contributed by atoms with Gasteiger partial charge in [-0.05, 0) is 50.4 Å². The van der Waals surface area contributed by atoms with Gasteiger partial charge in [0.2, 0.25) is 0 Å². The summed E-state index contributed by atoms with van der Waals surface area (Å²) in [5.74, 6) is 1.88. The largest absolute Gasteiger partial charge is 0.312 e. The first-order chi connectivity index (χ1) is 8.83. The molecule has 98 valence electrons. The molecular weight excluding hydrogens is 222 g/mol. The number of pyridine rings is 1. The van der Waals surface area contributed by atoms with Gasteiger partial charge < -0.3 is 5.32 Å². The van der Waals surface area contributed by atoms with Crippen LogP contribution < -0.4 is 5.32 Å². The lowest BCUT2D eigenvalue weighted by molar-refractivity contribution is 0.257. The van der Waals surface area contributed by atoms with Crippen molar-refractivity contribution in [2.45, 2.75) is 31.8 Å². The SMILES string of the molecule is CN(Cc1ccccn1)CC1NCC2CCCC21. The molecule has 1 aromatic heterocycles. The third kappa shape index (κ3) is 2.57. The average Bonchev–Trinajstić information content (AvgIpc) is 2.95. The van der Waals surface area contributed by atoms with E-state index in [1.165, 1.54) is 31.5 Å². The first kappa shape index (κ1) is 12.1.